The van der Waals surface area contributed by atoms with Gasteiger partial charge in [0, 0.05) is 0 Å². The van der Waals surface area contributed by atoms with Gasteiger partial charge in [-0.25, -0.2) is 0 Å². The lowest BCUT2D eigenvalue weighted by Crippen LogP contribution is -2.12. The summed E-state index contributed by atoms with van der Waals surface area (Å²) < 4.78 is 0. The first-order chi connectivity index (χ1) is 12.8. The molecule has 0 amide bonds. The molecule has 0 atom stereocenters. The van der Waals surface area contributed by atoms with E-state index in [9.17, 15) is 0 Å². The van der Waals surface area contributed by atoms with E-state index in [1.807, 2.05) is 0 Å². The quantitative estimate of drug-likeness (QED) is 0.305. The van der Waals surface area contributed by atoms with Crippen LogP contribution in [0.5, 0.6) is 0 Å². The molecule has 0 aromatic heterocycles. The van der Waals surface area contributed by atoms with Gasteiger partial charge in [-0.1, -0.05) is 76.4 Å². The molecule has 146 valence electrons. The Hall–Kier alpha value is -0.960. The standard InChI is InChI=1S/C26H42/c1-3-5-8-12-24-19-21-26(22-20-24)14-10-7-6-9-13-25-17-15-23(11-4-2)16-18-25/h9-10,13-14,23-26H,3-5,8,11-12,15-22H2,1-2H3. The second-order valence-corrected chi connectivity index (χ2v) is 8.85. The van der Waals surface area contributed by atoms with Crippen molar-refractivity contribution in [2.45, 2.75) is 104 Å². The van der Waals surface area contributed by atoms with E-state index < -0.39 is 0 Å². The molecule has 0 aromatic rings. The number of hydrogen-bond acceptors (Lipinski definition) is 0. The molecule has 0 spiro atoms. The molecule has 0 aromatic carbocycles. The number of unbranched alkanes of at least 4 members (excludes halogenated alkanes) is 2. The molecule has 0 heteroatoms. The van der Waals surface area contributed by atoms with Crippen LogP contribution in [-0.2, 0) is 0 Å². The summed E-state index contributed by atoms with van der Waals surface area (Å²) in [6, 6.07) is 0. The highest BCUT2D eigenvalue weighted by Gasteiger charge is 2.19. The number of rotatable bonds is 8. The smallest absolute Gasteiger partial charge is 0.0153 e. The lowest BCUT2D eigenvalue weighted by Gasteiger charge is -2.26. The lowest BCUT2D eigenvalue weighted by atomic mass is 9.79. The van der Waals surface area contributed by atoms with Crippen molar-refractivity contribution in [2.75, 3.05) is 0 Å². The molecule has 0 saturated heterocycles. The highest BCUT2D eigenvalue weighted by atomic mass is 14.2. The van der Waals surface area contributed by atoms with Gasteiger partial charge in [-0.15, -0.1) is 0 Å². The molecule has 2 saturated carbocycles. The van der Waals surface area contributed by atoms with Crippen LogP contribution in [0.3, 0.4) is 0 Å². The molecule has 0 bridgehead atoms. The third kappa shape index (κ3) is 8.62. The van der Waals surface area contributed by atoms with Gasteiger partial charge in [0.15, 0.2) is 0 Å². The van der Waals surface area contributed by atoms with E-state index in [2.05, 4.69) is 50.0 Å². The van der Waals surface area contributed by atoms with Gasteiger partial charge in [-0.3, -0.25) is 0 Å². The van der Waals surface area contributed by atoms with Crippen LogP contribution in [-0.4, -0.2) is 0 Å². The van der Waals surface area contributed by atoms with E-state index in [1.54, 1.807) is 0 Å². The highest BCUT2D eigenvalue weighted by molar-refractivity contribution is 5.24. The minimum absolute atomic E-state index is 0.782. The Bertz CT molecular complexity index is 456. The van der Waals surface area contributed by atoms with Crippen LogP contribution in [0.1, 0.15) is 104 Å². The van der Waals surface area contributed by atoms with Gasteiger partial charge in [-0.2, -0.15) is 0 Å². The second kappa shape index (κ2) is 13.2. The first-order valence-electron chi connectivity index (χ1n) is 11.7. The van der Waals surface area contributed by atoms with E-state index in [0.717, 1.165) is 23.7 Å². The van der Waals surface area contributed by atoms with E-state index in [0.29, 0.717) is 0 Å². The zero-order chi connectivity index (χ0) is 18.5. The number of hydrogen-bond donors (Lipinski definition) is 0. The van der Waals surface area contributed by atoms with Crippen LogP contribution in [0.15, 0.2) is 24.3 Å². The summed E-state index contributed by atoms with van der Waals surface area (Å²) in [5.41, 5.74) is 0. The van der Waals surface area contributed by atoms with Gasteiger partial charge in [0.1, 0.15) is 0 Å². The maximum absolute atomic E-state index is 3.24. The molecular weight excluding hydrogens is 312 g/mol. The molecule has 0 aliphatic heterocycles. The van der Waals surface area contributed by atoms with Crippen LogP contribution >= 0.6 is 0 Å². The summed E-state index contributed by atoms with van der Waals surface area (Å²) in [7, 11) is 0. The van der Waals surface area contributed by atoms with Gasteiger partial charge >= 0.3 is 0 Å². The van der Waals surface area contributed by atoms with Crippen LogP contribution in [0.25, 0.3) is 0 Å². The first kappa shape index (κ1) is 21.3. The van der Waals surface area contributed by atoms with Crippen molar-refractivity contribution < 1.29 is 0 Å². The lowest BCUT2D eigenvalue weighted by molar-refractivity contribution is 0.289. The summed E-state index contributed by atoms with van der Waals surface area (Å²) in [6.45, 7) is 4.62. The monoisotopic (exact) mass is 354 g/mol. The third-order valence-electron chi connectivity index (χ3n) is 6.68. The van der Waals surface area contributed by atoms with Gasteiger partial charge in [-0.05, 0) is 87.2 Å². The molecular formula is C26H42. The van der Waals surface area contributed by atoms with Crippen molar-refractivity contribution in [3.63, 3.8) is 0 Å². The molecule has 0 unspecified atom stereocenters. The fourth-order valence-electron chi connectivity index (χ4n) is 4.89. The fraction of sp³-hybridized carbons (Fsp3) is 0.769. The van der Waals surface area contributed by atoms with Gasteiger partial charge in [0.25, 0.3) is 0 Å². The Kier molecular flexibility index (Phi) is 10.9. The normalized spacial score (nSPS) is 29.8. The molecule has 2 fully saturated rings. The Morgan fingerprint density at radius 3 is 1.58 bits per heavy atom. The van der Waals surface area contributed by atoms with Gasteiger partial charge < -0.3 is 0 Å². The van der Waals surface area contributed by atoms with Crippen LogP contribution in [0.2, 0.25) is 0 Å². The first-order valence-corrected chi connectivity index (χ1v) is 11.7. The molecule has 2 aliphatic rings. The molecule has 0 N–H and O–H groups in total. The Morgan fingerprint density at radius 2 is 1.12 bits per heavy atom. The molecule has 26 heavy (non-hydrogen) atoms. The SMILES string of the molecule is CCCCCC1CCC(C=CC#CC=CC2CCC(CCC)CC2)CC1. The highest BCUT2D eigenvalue weighted by Crippen LogP contribution is 2.33. The largest absolute Gasteiger partial charge is 0.0730 e. The average molecular weight is 355 g/mol. The maximum atomic E-state index is 3.24. The predicted octanol–water partition coefficient (Wildman–Crippen LogP) is 8.10. The summed E-state index contributed by atoms with van der Waals surface area (Å²) in [5, 5.41) is 0. The molecule has 0 nitrogen and oxygen atoms in total. The van der Waals surface area contributed by atoms with Crippen molar-refractivity contribution in [2.24, 2.45) is 23.7 Å². The molecule has 0 radical (unpaired) electrons. The predicted molar refractivity (Wildman–Crippen MR) is 116 cm³/mol. The Balaban J connectivity index is 1.58. The maximum Gasteiger partial charge on any atom is -0.0153 e. The van der Waals surface area contributed by atoms with Crippen molar-refractivity contribution >= 4 is 0 Å². The minimum Gasteiger partial charge on any atom is -0.0730 e. The summed E-state index contributed by atoms with van der Waals surface area (Å²) in [6.07, 6.45) is 28.7. The third-order valence-corrected chi connectivity index (χ3v) is 6.68. The van der Waals surface area contributed by atoms with Gasteiger partial charge in [0.2, 0.25) is 0 Å². The van der Waals surface area contributed by atoms with E-state index in [-0.39, 0.29) is 0 Å². The topological polar surface area (TPSA) is 0 Å². The van der Waals surface area contributed by atoms with Crippen LogP contribution in [0, 0.1) is 35.5 Å². The van der Waals surface area contributed by atoms with Crippen molar-refractivity contribution in [3.8, 4) is 11.8 Å². The zero-order valence-electron chi connectivity index (χ0n) is 17.5. The summed E-state index contributed by atoms with van der Waals surface area (Å²) in [5.74, 6) is 10.0. The summed E-state index contributed by atoms with van der Waals surface area (Å²) >= 11 is 0. The fourth-order valence-corrected chi connectivity index (χ4v) is 4.89. The van der Waals surface area contributed by atoms with E-state index >= 15 is 0 Å². The molecule has 0 heterocycles. The molecule has 2 rings (SSSR count). The number of allylic oxidation sites excluding steroid dienone is 4. The van der Waals surface area contributed by atoms with Crippen LogP contribution in [0.4, 0.5) is 0 Å². The summed E-state index contributed by atoms with van der Waals surface area (Å²) in [4.78, 5) is 0. The Morgan fingerprint density at radius 1 is 0.615 bits per heavy atom. The Labute approximate surface area is 163 Å². The van der Waals surface area contributed by atoms with Gasteiger partial charge in [0.05, 0.1) is 0 Å². The van der Waals surface area contributed by atoms with E-state index in [1.165, 1.54) is 89.9 Å². The molecule has 2 aliphatic carbocycles. The van der Waals surface area contributed by atoms with Crippen LogP contribution < -0.4 is 0 Å². The minimum atomic E-state index is 0.782. The van der Waals surface area contributed by atoms with E-state index in [4.69, 9.17) is 0 Å². The van der Waals surface area contributed by atoms with Crippen molar-refractivity contribution in [3.05, 3.63) is 24.3 Å². The second-order valence-electron chi connectivity index (χ2n) is 8.85. The average Bonchev–Trinajstić information content (AvgIpc) is 2.67. The van der Waals surface area contributed by atoms with Crippen molar-refractivity contribution in [1.29, 1.82) is 0 Å². The van der Waals surface area contributed by atoms with Crippen molar-refractivity contribution in [1.82, 2.24) is 0 Å². The zero-order valence-corrected chi connectivity index (χ0v) is 17.5.